The van der Waals surface area contributed by atoms with Gasteiger partial charge in [0.25, 0.3) is 0 Å². The van der Waals surface area contributed by atoms with Crippen LogP contribution in [-0.2, 0) is 6.61 Å². The van der Waals surface area contributed by atoms with Crippen LogP contribution in [0.25, 0.3) is 0 Å². The molecule has 1 atom stereocenters. The van der Waals surface area contributed by atoms with Crippen molar-refractivity contribution in [3.8, 4) is 0 Å². The monoisotopic (exact) mass is 265 g/mol. The molecule has 0 radical (unpaired) electrons. The summed E-state index contributed by atoms with van der Waals surface area (Å²) in [5.41, 5.74) is 1.77. The number of aromatic nitrogens is 2. The van der Waals surface area contributed by atoms with Gasteiger partial charge < -0.3 is 10.0 Å². The highest BCUT2D eigenvalue weighted by Crippen LogP contribution is 2.29. The maximum atomic E-state index is 9.54. The summed E-state index contributed by atoms with van der Waals surface area (Å²) in [7, 11) is 2.03. The standard InChI is InChI=1S/C15H27N3O/c1-10(2)14-16-8-13(12(9-19)17-14)18(7)11(3)15(4,5)6/h8,10-11,19H,9H2,1-7H3. The number of rotatable bonds is 4. The van der Waals surface area contributed by atoms with E-state index in [9.17, 15) is 5.11 Å². The number of nitrogens with zero attached hydrogens (tertiary/aromatic N) is 3. The summed E-state index contributed by atoms with van der Waals surface area (Å²) >= 11 is 0. The highest BCUT2D eigenvalue weighted by atomic mass is 16.3. The molecule has 0 aliphatic rings. The van der Waals surface area contributed by atoms with Crippen molar-refractivity contribution in [1.82, 2.24) is 9.97 Å². The van der Waals surface area contributed by atoms with Crippen molar-refractivity contribution in [2.75, 3.05) is 11.9 Å². The zero-order valence-electron chi connectivity index (χ0n) is 13.2. The van der Waals surface area contributed by atoms with Crippen molar-refractivity contribution >= 4 is 5.69 Å². The number of aliphatic hydroxyl groups excluding tert-OH is 1. The number of hydrogen-bond donors (Lipinski definition) is 1. The molecule has 1 unspecified atom stereocenters. The van der Waals surface area contributed by atoms with Gasteiger partial charge in [-0.15, -0.1) is 0 Å². The van der Waals surface area contributed by atoms with Gasteiger partial charge in [0.1, 0.15) is 5.82 Å². The van der Waals surface area contributed by atoms with Crippen LogP contribution in [0.15, 0.2) is 6.20 Å². The molecule has 1 aromatic heterocycles. The van der Waals surface area contributed by atoms with Crippen molar-refractivity contribution < 1.29 is 5.11 Å². The summed E-state index contributed by atoms with van der Waals surface area (Å²) in [5, 5.41) is 9.54. The second-order valence-electron chi connectivity index (χ2n) is 6.53. The molecule has 0 fully saturated rings. The molecule has 0 saturated heterocycles. The Kier molecular flexibility index (Phi) is 4.91. The van der Waals surface area contributed by atoms with E-state index in [2.05, 4.69) is 56.4 Å². The van der Waals surface area contributed by atoms with Crippen molar-refractivity contribution in [3.05, 3.63) is 17.7 Å². The summed E-state index contributed by atoms with van der Waals surface area (Å²) in [5.74, 6) is 1.05. The average molecular weight is 265 g/mol. The molecule has 1 rings (SSSR count). The van der Waals surface area contributed by atoms with Crippen LogP contribution >= 0.6 is 0 Å². The van der Waals surface area contributed by atoms with Crippen LogP contribution < -0.4 is 4.90 Å². The van der Waals surface area contributed by atoms with Crippen LogP contribution in [0.1, 0.15) is 59.0 Å². The largest absolute Gasteiger partial charge is 0.390 e. The fourth-order valence-electron chi connectivity index (χ4n) is 1.90. The molecule has 1 N–H and O–H groups in total. The van der Waals surface area contributed by atoms with E-state index in [0.29, 0.717) is 11.7 Å². The second kappa shape index (κ2) is 5.87. The third-order valence-corrected chi connectivity index (χ3v) is 3.74. The summed E-state index contributed by atoms with van der Waals surface area (Å²) in [6.45, 7) is 12.8. The summed E-state index contributed by atoms with van der Waals surface area (Å²) in [6.07, 6.45) is 1.83. The minimum absolute atomic E-state index is 0.0568. The number of hydrogen-bond acceptors (Lipinski definition) is 4. The Morgan fingerprint density at radius 1 is 1.26 bits per heavy atom. The predicted molar refractivity (Wildman–Crippen MR) is 79.4 cm³/mol. The SMILES string of the molecule is CC(C)c1ncc(N(C)C(C)C(C)(C)C)c(CO)n1. The highest BCUT2D eigenvalue weighted by molar-refractivity contribution is 5.49. The molecule has 19 heavy (non-hydrogen) atoms. The molecule has 108 valence electrons. The lowest BCUT2D eigenvalue weighted by atomic mass is 9.87. The Morgan fingerprint density at radius 3 is 2.26 bits per heavy atom. The van der Waals surface area contributed by atoms with Gasteiger partial charge in [-0.05, 0) is 12.3 Å². The first-order valence-corrected chi connectivity index (χ1v) is 6.88. The van der Waals surface area contributed by atoms with Gasteiger partial charge in [0.05, 0.1) is 24.2 Å². The van der Waals surface area contributed by atoms with E-state index in [1.807, 2.05) is 13.2 Å². The van der Waals surface area contributed by atoms with Gasteiger partial charge >= 0.3 is 0 Å². The molecule has 0 aliphatic heterocycles. The molecule has 4 nitrogen and oxygen atoms in total. The Balaban J connectivity index is 3.13. The van der Waals surface area contributed by atoms with E-state index < -0.39 is 0 Å². The maximum absolute atomic E-state index is 9.54. The molecule has 0 amide bonds. The van der Waals surface area contributed by atoms with Crippen LogP contribution in [0.5, 0.6) is 0 Å². The summed E-state index contributed by atoms with van der Waals surface area (Å²) in [4.78, 5) is 11.0. The number of aliphatic hydroxyl groups is 1. The lowest BCUT2D eigenvalue weighted by Gasteiger charge is -2.37. The topological polar surface area (TPSA) is 49.2 Å². The van der Waals surface area contributed by atoms with Crippen molar-refractivity contribution in [3.63, 3.8) is 0 Å². The van der Waals surface area contributed by atoms with Gasteiger partial charge in [0, 0.05) is 19.0 Å². The predicted octanol–water partition coefficient (Wildman–Crippen LogP) is 2.96. The first-order chi connectivity index (χ1) is 8.68. The van der Waals surface area contributed by atoms with Gasteiger partial charge in [0.15, 0.2) is 0 Å². The molecule has 1 aromatic rings. The quantitative estimate of drug-likeness (QED) is 0.909. The van der Waals surface area contributed by atoms with E-state index in [1.54, 1.807) is 0 Å². The Labute approximate surface area is 116 Å². The molecule has 0 saturated carbocycles. The van der Waals surface area contributed by atoms with E-state index >= 15 is 0 Å². The van der Waals surface area contributed by atoms with E-state index in [-0.39, 0.29) is 17.9 Å². The smallest absolute Gasteiger partial charge is 0.131 e. The van der Waals surface area contributed by atoms with E-state index in [1.165, 1.54) is 0 Å². The van der Waals surface area contributed by atoms with Crippen LogP contribution in [0.2, 0.25) is 0 Å². The van der Waals surface area contributed by atoms with Gasteiger partial charge in [0.2, 0.25) is 0 Å². The average Bonchev–Trinajstić information content (AvgIpc) is 2.34. The van der Waals surface area contributed by atoms with E-state index in [4.69, 9.17) is 0 Å². The van der Waals surface area contributed by atoms with Crippen LogP contribution in [0.4, 0.5) is 5.69 Å². The summed E-state index contributed by atoms with van der Waals surface area (Å²) in [6, 6.07) is 0.325. The Morgan fingerprint density at radius 2 is 1.84 bits per heavy atom. The fourth-order valence-corrected chi connectivity index (χ4v) is 1.90. The maximum Gasteiger partial charge on any atom is 0.131 e. The lowest BCUT2D eigenvalue weighted by molar-refractivity contribution is 0.274. The molecule has 4 heteroatoms. The van der Waals surface area contributed by atoms with Crippen LogP contribution in [0.3, 0.4) is 0 Å². The second-order valence-corrected chi connectivity index (χ2v) is 6.53. The van der Waals surface area contributed by atoms with Crippen molar-refractivity contribution in [2.24, 2.45) is 5.41 Å². The zero-order chi connectivity index (χ0) is 14.8. The molecule has 0 aliphatic carbocycles. The van der Waals surface area contributed by atoms with Crippen LogP contribution in [0, 0.1) is 5.41 Å². The zero-order valence-corrected chi connectivity index (χ0v) is 13.2. The van der Waals surface area contributed by atoms with E-state index in [0.717, 1.165) is 11.5 Å². The first kappa shape index (κ1) is 15.9. The van der Waals surface area contributed by atoms with Gasteiger partial charge in [-0.25, -0.2) is 9.97 Å². The van der Waals surface area contributed by atoms with Gasteiger partial charge in [-0.1, -0.05) is 34.6 Å². The number of anilines is 1. The van der Waals surface area contributed by atoms with Crippen molar-refractivity contribution in [1.29, 1.82) is 0 Å². The third-order valence-electron chi connectivity index (χ3n) is 3.74. The summed E-state index contributed by atoms with van der Waals surface area (Å²) < 4.78 is 0. The lowest BCUT2D eigenvalue weighted by Crippen LogP contribution is -2.40. The molecule has 0 bridgehead atoms. The minimum Gasteiger partial charge on any atom is -0.390 e. The Hall–Kier alpha value is -1.16. The molecular weight excluding hydrogens is 238 g/mol. The molecule has 1 heterocycles. The minimum atomic E-state index is -0.0568. The van der Waals surface area contributed by atoms with Gasteiger partial charge in [-0.2, -0.15) is 0 Å². The third kappa shape index (κ3) is 3.66. The van der Waals surface area contributed by atoms with Gasteiger partial charge in [-0.3, -0.25) is 0 Å². The molecule has 0 aromatic carbocycles. The van der Waals surface area contributed by atoms with Crippen LogP contribution in [-0.4, -0.2) is 28.2 Å². The normalized spacial score (nSPS) is 13.7. The van der Waals surface area contributed by atoms with Crippen molar-refractivity contribution in [2.45, 2.75) is 60.1 Å². The first-order valence-electron chi connectivity index (χ1n) is 6.88. The highest BCUT2D eigenvalue weighted by Gasteiger charge is 2.26. The fraction of sp³-hybridized carbons (Fsp3) is 0.733. The molecule has 0 spiro atoms. The molecular formula is C15H27N3O. The Bertz CT molecular complexity index is 424.